The van der Waals surface area contributed by atoms with Crippen LogP contribution in [0, 0.1) is 0 Å². The van der Waals surface area contributed by atoms with Gasteiger partial charge in [0, 0.05) is 5.69 Å². The summed E-state index contributed by atoms with van der Waals surface area (Å²) in [5.74, 6) is 0.0309. The molecule has 0 aromatic heterocycles. The van der Waals surface area contributed by atoms with E-state index in [0.717, 1.165) is 0 Å². The molecule has 0 radical (unpaired) electrons. The van der Waals surface area contributed by atoms with E-state index in [2.05, 4.69) is 10.5 Å². The average molecular weight is 299 g/mol. The molecule has 0 heterocycles. The van der Waals surface area contributed by atoms with Gasteiger partial charge in [-0.3, -0.25) is 4.79 Å². The summed E-state index contributed by atoms with van der Waals surface area (Å²) < 4.78 is 5.27. The number of nitrogens with one attached hydrogen (secondary N) is 1. The highest BCUT2D eigenvalue weighted by Gasteiger charge is 2.07. The minimum Gasteiger partial charge on any atom is -0.504 e. The topological polar surface area (TPSA) is 96.9 Å². The Labute approximate surface area is 128 Å². The van der Waals surface area contributed by atoms with Crippen LogP contribution in [0.3, 0.4) is 0 Å². The van der Waals surface area contributed by atoms with Crippen LogP contribution in [-0.4, -0.2) is 23.8 Å². The number of hydrogen-bond donors (Lipinski definition) is 3. The molecule has 1 amide bonds. The van der Waals surface area contributed by atoms with E-state index >= 15 is 0 Å². The van der Waals surface area contributed by atoms with Crippen molar-refractivity contribution in [3.8, 4) is 11.5 Å². The highest BCUT2D eigenvalue weighted by atomic mass is 16.5. The van der Waals surface area contributed by atoms with Crippen molar-refractivity contribution >= 4 is 17.8 Å². The number of para-hydroxylation sites is 1. The number of anilines is 1. The number of rotatable bonds is 5. The number of aromatic hydroxyl groups is 1. The number of carbonyl (C=O) groups is 1. The van der Waals surface area contributed by atoms with Gasteiger partial charge >= 0.3 is 0 Å². The van der Waals surface area contributed by atoms with Gasteiger partial charge < -0.3 is 15.6 Å². The van der Waals surface area contributed by atoms with Crippen molar-refractivity contribution in [3.05, 3.63) is 53.6 Å². The van der Waals surface area contributed by atoms with Gasteiger partial charge in [-0.15, -0.1) is 0 Å². The van der Waals surface area contributed by atoms with Crippen molar-refractivity contribution in [2.75, 3.05) is 12.3 Å². The van der Waals surface area contributed by atoms with E-state index in [9.17, 15) is 9.90 Å². The number of nitrogen functional groups attached to an aromatic ring is 1. The summed E-state index contributed by atoms with van der Waals surface area (Å²) >= 11 is 0. The fraction of sp³-hybridized carbons (Fsp3) is 0.125. The van der Waals surface area contributed by atoms with E-state index in [0.29, 0.717) is 29.2 Å². The van der Waals surface area contributed by atoms with Gasteiger partial charge in [0.25, 0.3) is 5.91 Å². The van der Waals surface area contributed by atoms with Gasteiger partial charge in [-0.05, 0) is 42.8 Å². The van der Waals surface area contributed by atoms with Crippen LogP contribution in [0.2, 0.25) is 0 Å². The van der Waals surface area contributed by atoms with Crippen molar-refractivity contribution in [3.63, 3.8) is 0 Å². The lowest BCUT2D eigenvalue weighted by Gasteiger charge is -2.06. The van der Waals surface area contributed by atoms with Gasteiger partial charge in [0.15, 0.2) is 11.5 Å². The van der Waals surface area contributed by atoms with Crippen molar-refractivity contribution in [1.82, 2.24) is 5.43 Å². The lowest BCUT2D eigenvalue weighted by atomic mass is 10.2. The Hall–Kier alpha value is -3.02. The molecule has 0 aliphatic rings. The molecule has 2 rings (SSSR count). The molecule has 6 nitrogen and oxygen atoms in total. The maximum Gasteiger partial charge on any atom is 0.273 e. The fourth-order valence-electron chi connectivity index (χ4n) is 1.81. The monoisotopic (exact) mass is 299 g/mol. The number of nitrogens with zero attached hydrogens (tertiary/aromatic N) is 1. The zero-order chi connectivity index (χ0) is 15.9. The van der Waals surface area contributed by atoms with E-state index in [1.54, 1.807) is 36.4 Å². The number of hydrogen-bond acceptors (Lipinski definition) is 5. The first-order chi connectivity index (χ1) is 10.6. The second-order valence-electron chi connectivity index (χ2n) is 4.45. The van der Waals surface area contributed by atoms with Crippen LogP contribution in [0.15, 0.2) is 47.6 Å². The summed E-state index contributed by atoms with van der Waals surface area (Å²) in [5.41, 5.74) is 9.55. The number of phenols is 1. The van der Waals surface area contributed by atoms with Crippen molar-refractivity contribution in [2.24, 2.45) is 5.10 Å². The van der Waals surface area contributed by atoms with Crippen LogP contribution >= 0.6 is 0 Å². The lowest BCUT2D eigenvalue weighted by Crippen LogP contribution is -2.18. The molecule has 0 unspecified atom stereocenters. The molecule has 0 atom stereocenters. The minimum absolute atomic E-state index is 0.0556. The van der Waals surface area contributed by atoms with Crippen LogP contribution in [-0.2, 0) is 0 Å². The quantitative estimate of drug-likeness (QED) is 0.447. The van der Waals surface area contributed by atoms with Gasteiger partial charge in [-0.2, -0.15) is 5.10 Å². The minimum atomic E-state index is -0.391. The predicted octanol–water partition coefficient (Wildman–Crippen LogP) is 2.14. The van der Waals surface area contributed by atoms with E-state index < -0.39 is 5.91 Å². The fourth-order valence-corrected chi connectivity index (χ4v) is 1.81. The standard InChI is InChI=1S/C16H17N3O3/c1-2-22-15-9-11(7-8-14(15)20)10-18-19-16(21)12-5-3-4-6-13(12)17/h3-10,20H,2,17H2,1H3,(H,19,21)/b18-10-. The Morgan fingerprint density at radius 2 is 2.14 bits per heavy atom. The predicted molar refractivity (Wildman–Crippen MR) is 85.2 cm³/mol. The van der Waals surface area contributed by atoms with Crippen molar-refractivity contribution < 1.29 is 14.6 Å². The Balaban J connectivity index is 2.05. The number of amides is 1. The zero-order valence-electron chi connectivity index (χ0n) is 12.1. The number of benzene rings is 2. The molecule has 2 aromatic carbocycles. The third kappa shape index (κ3) is 3.76. The molecule has 114 valence electrons. The smallest absolute Gasteiger partial charge is 0.273 e. The van der Waals surface area contributed by atoms with Crippen molar-refractivity contribution in [2.45, 2.75) is 6.92 Å². The SMILES string of the molecule is CCOc1cc(/C=N\NC(=O)c2ccccc2N)ccc1O. The first-order valence-electron chi connectivity index (χ1n) is 6.75. The maximum absolute atomic E-state index is 11.9. The Morgan fingerprint density at radius 1 is 1.36 bits per heavy atom. The molecule has 0 aliphatic carbocycles. The van der Waals surface area contributed by atoms with Crippen LogP contribution < -0.4 is 15.9 Å². The largest absolute Gasteiger partial charge is 0.504 e. The Morgan fingerprint density at radius 3 is 2.86 bits per heavy atom. The molecule has 0 fully saturated rings. The van der Waals surface area contributed by atoms with Gasteiger partial charge in [-0.25, -0.2) is 5.43 Å². The van der Waals surface area contributed by atoms with Gasteiger partial charge in [0.05, 0.1) is 18.4 Å². The average Bonchev–Trinajstić information content (AvgIpc) is 2.51. The zero-order valence-corrected chi connectivity index (χ0v) is 12.1. The molecular formula is C16H17N3O3. The van der Waals surface area contributed by atoms with Gasteiger partial charge in [0.2, 0.25) is 0 Å². The van der Waals surface area contributed by atoms with E-state index in [-0.39, 0.29) is 5.75 Å². The molecule has 0 spiro atoms. The van der Waals surface area contributed by atoms with Crippen molar-refractivity contribution in [1.29, 1.82) is 0 Å². The summed E-state index contributed by atoms with van der Waals surface area (Å²) in [4.78, 5) is 11.9. The van der Waals surface area contributed by atoms with Crippen LogP contribution in [0.25, 0.3) is 0 Å². The number of ether oxygens (including phenoxy) is 1. The molecule has 6 heteroatoms. The molecule has 4 N–H and O–H groups in total. The van der Waals surface area contributed by atoms with E-state index in [4.69, 9.17) is 10.5 Å². The molecule has 0 aliphatic heterocycles. The first-order valence-corrected chi connectivity index (χ1v) is 6.75. The van der Waals surface area contributed by atoms with Gasteiger partial charge in [-0.1, -0.05) is 12.1 Å². The molecule has 0 saturated heterocycles. The second-order valence-corrected chi connectivity index (χ2v) is 4.45. The first kappa shape index (κ1) is 15.4. The second kappa shape index (κ2) is 7.12. The van der Waals surface area contributed by atoms with E-state index in [1.807, 2.05) is 6.92 Å². The summed E-state index contributed by atoms with van der Waals surface area (Å²) in [7, 11) is 0. The number of hydrazone groups is 1. The summed E-state index contributed by atoms with van der Waals surface area (Å²) in [5, 5.41) is 13.5. The molecule has 22 heavy (non-hydrogen) atoms. The normalized spacial score (nSPS) is 10.6. The molecule has 2 aromatic rings. The number of carbonyl (C=O) groups excluding carboxylic acids is 1. The summed E-state index contributed by atoms with van der Waals surface area (Å²) in [6.45, 7) is 2.27. The number of phenolic OH excluding ortho intramolecular Hbond substituents is 1. The van der Waals surface area contributed by atoms with Crippen LogP contribution in [0.5, 0.6) is 11.5 Å². The molecule has 0 saturated carbocycles. The third-order valence-corrected chi connectivity index (χ3v) is 2.87. The highest BCUT2D eigenvalue weighted by molar-refractivity contribution is 5.99. The Kier molecular flexibility index (Phi) is 4.98. The Bertz CT molecular complexity index is 699. The molecule has 0 bridgehead atoms. The van der Waals surface area contributed by atoms with Gasteiger partial charge in [0.1, 0.15) is 0 Å². The van der Waals surface area contributed by atoms with E-state index in [1.165, 1.54) is 12.3 Å². The summed E-state index contributed by atoms with van der Waals surface area (Å²) in [6, 6.07) is 11.5. The highest BCUT2D eigenvalue weighted by Crippen LogP contribution is 2.26. The summed E-state index contributed by atoms with van der Waals surface area (Å²) in [6.07, 6.45) is 1.46. The maximum atomic E-state index is 11.9. The van der Waals surface area contributed by atoms with Crippen LogP contribution in [0.1, 0.15) is 22.8 Å². The third-order valence-electron chi connectivity index (χ3n) is 2.87. The number of nitrogens with two attached hydrogens (primary N) is 1. The van der Waals surface area contributed by atoms with Crippen LogP contribution in [0.4, 0.5) is 5.69 Å². The molecular weight excluding hydrogens is 282 g/mol. The lowest BCUT2D eigenvalue weighted by molar-refractivity contribution is 0.0956.